The molecule has 4 rings (SSSR count). The predicted molar refractivity (Wildman–Crippen MR) is 132 cm³/mol. The molecule has 2 heterocycles. The quantitative estimate of drug-likeness (QED) is 0.350. The fourth-order valence-corrected chi connectivity index (χ4v) is 3.68. The highest BCUT2D eigenvalue weighted by atomic mass is 35.5. The Bertz CT molecular complexity index is 1400. The second-order valence-corrected chi connectivity index (χ2v) is 8.47. The van der Waals surface area contributed by atoms with E-state index >= 15 is 0 Å². The van der Waals surface area contributed by atoms with Gasteiger partial charge in [0.1, 0.15) is 11.5 Å². The third kappa shape index (κ3) is 5.02. The molecule has 0 radical (unpaired) electrons. The number of carboxylic acid groups (broad SMARTS) is 1. The average Bonchev–Trinajstić information content (AvgIpc) is 3.39. The summed E-state index contributed by atoms with van der Waals surface area (Å²) >= 11 is 5.93. The van der Waals surface area contributed by atoms with Crippen molar-refractivity contribution in [2.75, 3.05) is 5.01 Å². The molecule has 8 nitrogen and oxygen atoms in total. The normalized spacial score (nSPS) is 14.5. The molecule has 1 N–H and O–H groups in total. The van der Waals surface area contributed by atoms with Gasteiger partial charge in [0.15, 0.2) is 0 Å². The third-order valence-electron chi connectivity index (χ3n) is 5.13. The summed E-state index contributed by atoms with van der Waals surface area (Å²) in [6.07, 6.45) is 1.33. The van der Waals surface area contributed by atoms with Gasteiger partial charge in [-0.2, -0.15) is 10.1 Å². The summed E-state index contributed by atoms with van der Waals surface area (Å²) in [5, 5.41) is 14.8. The van der Waals surface area contributed by atoms with E-state index in [9.17, 15) is 19.5 Å². The lowest BCUT2D eigenvalue weighted by Gasteiger charge is -2.12. The SMILES string of the molecule is CC1=NN(c2ccc(Cl)c(C(=O)O)c2)C(=O)/C1=C\c1ccc(-c2cccc(C(=O)OC(C)C)c2)o1. The largest absolute Gasteiger partial charge is 0.478 e. The number of hydrogen-bond donors (Lipinski definition) is 1. The highest BCUT2D eigenvalue weighted by Gasteiger charge is 2.30. The Morgan fingerprint density at radius 2 is 1.91 bits per heavy atom. The minimum Gasteiger partial charge on any atom is -0.478 e. The first-order valence-electron chi connectivity index (χ1n) is 10.7. The van der Waals surface area contributed by atoms with Gasteiger partial charge in [-0.15, -0.1) is 0 Å². The molecule has 2 aromatic carbocycles. The zero-order chi connectivity index (χ0) is 25.3. The van der Waals surface area contributed by atoms with E-state index in [1.165, 1.54) is 18.2 Å². The smallest absolute Gasteiger partial charge is 0.338 e. The summed E-state index contributed by atoms with van der Waals surface area (Å²) in [5.74, 6) is -1.14. The molecule has 9 heteroatoms. The summed E-state index contributed by atoms with van der Waals surface area (Å²) in [5.41, 5.74) is 1.98. The van der Waals surface area contributed by atoms with E-state index in [4.69, 9.17) is 20.8 Å². The first-order chi connectivity index (χ1) is 16.6. The van der Waals surface area contributed by atoms with Crippen LogP contribution in [0.4, 0.5) is 5.69 Å². The molecule has 1 amide bonds. The van der Waals surface area contributed by atoms with Crippen LogP contribution in [0.3, 0.4) is 0 Å². The maximum absolute atomic E-state index is 13.0. The number of hydrogen-bond acceptors (Lipinski definition) is 6. The van der Waals surface area contributed by atoms with Gasteiger partial charge in [0.25, 0.3) is 5.91 Å². The van der Waals surface area contributed by atoms with Crippen molar-refractivity contribution in [3.8, 4) is 11.3 Å². The Balaban J connectivity index is 1.59. The number of furan rings is 1. The number of ether oxygens (including phenoxy) is 1. The van der Waals surface area contributed by atoms with E-state index in [0.29, 0.717) is 33.9 Å². The van der Waals surface area contributed by atoms with Crippen LogP contribution in [0.5, 0.6) is 0 Å². The Hall–Kier alpha value is -4.17. The van der Waals surface area contributed by atoms with Crippen LogP contribution >= 0.6 is 11.6 Å². The van der Waals surface area contributed by atoms with Crippen molar-refractivity contribution in [2.24, 2.45) is 5.10 Å². The minimum absolute atomic E-state index is 0.0639. The topological polar surface area (TPSA) is 109 Å². The van der Waals surface area contributed by atoms with E-state index in [-0.39, 0.29) is 22.4 Å². The molecular formula is C26H21ClN2O6. The van der Waals surface area contributed by atoms with Crippen LogP contribution in [0.15, 0.2) is 69.7 Å². The van der Waals surface area contributed by atoms with Crippen LogP contribution in [0.1, 0.15) is 47.2 Å². The molecule has 0 bridgehead atoms. The number of amides is 1. The highest BCUT2D eigenvalue weighted by molar-refractivity contribution is 6.34. The molecule has 3 aromatic rings. The fraction of sp³-hybridized carbons (Fsp3) is 0.154. The number of nitrogens with zero attached hydrogens (tertiary/aromatic N) is 2. The molecule has 35 heavy (non-hydrogen) atoms. The zero-order valence-corrected chi connectivity index (χ0v) is 19.9. The minimum atomic E-state index is -1.20. The lowest BCUT2D eigenvalue weighted by Crippen LogP contribution is -2.21. The Kier molecular flexibility index (Phi) is 6.57. The number of esters is 1. The van der Waals surface area contributed by atoms with Gasteiger partial charge < -0.3 is 14.3 Å². The predicted octanol–water partition coefficient (Wildman–Crippen LogP) is 5.67. The number of anilines is 1. The van der Waals surface area contributed by atoms with Gasteiger partial charge in [-0.05, 0) is 69.3 Å². The molecule has 178 valence electrons. The Morgan fingerprint density at radius 3 is 2.63 bits per heavy atom. The van der Waals surface area contributed by atoms with Gasteiger partial charge in [0.2, 0.25) is 0 Å². The van der Waals surface area contributed by atoms with Crippen LogP contribution in [0.2, 0.25) is 5.02 Å². The number of aromatic carboxylic acids is 1. The maximum Gasteiger partial charge on any atom is 0.338 e. The molecule has 1 aliphatic rings. The van der Waals surface area contributed by atoms with Gasteiger partial charge >= 0.3 is 11.9 Å². The van der Waals surface area contributed by atoms with Gasteiger partial charge in [0, 0.05) is 5.56 Å². The van der Waals surface area contributed by atoms with Gasteiger partial charge in [-0.3, -0.25) is 4.79 Å². The number of carboxylic acids is 1. The molecule has 0 spiro atoms. The van der Waals surface area contributed by atoms with E-state index in [1.807, 2.05) is 0 Å². The van der Waals surface area contributed by atoms with Crippen LogP contribution < -0.4 is 5.01 Å². The van der Waals surface area contributed by atoms with E-state index in [1.54, 1.807) is 63.2 Å². The van der Waals surface area contributed by atoms with Crippen molar-refractivity contribution >= 4 is 46.9 Å². The first-order valence-corrected chi connectivity index (χ1v) is 11.1. The van der Waals surface area contributed by atoms with Crippen molar-refractivity contribution in [3.63, 3.8) is 0 Å². The molecule has 0 unspecified atom stereocenters. The van der Waals surface area contributed by atoms with Crippen molar-refractivity contribution < 1.29 is 28.6 Å². The average molecular weight is 493 g/mol. The van der Waals surface area contributed by atoms with Crippen molar-refractivity contribution in [1.82, 2.24) is 0 Å². The van der Waals surface area contributed by atoms with Crippen molar-refractivity contribution in [1.29, 1.82) is 0 Å². The van der Waals surface area contributed by atoms with Crippen LogP contribution in [-0.4, -0.2) is 34.8 Å². The maximum atomic E-state index is 13.0. The van der Waals surface area contributed by atoms with Crippen LogP contribution in [-0.2, 0) is 9.53 Å². The molecule has 0 fully saturated rings. The van der Waals surface area contributed by atoms with Gasteiger partial charge in [0.05, 0.1) is 39.2 Å². The highest BCUT2D eigenvalue weighted by Crippen LogP contribution is 2.30. The number of rotatable bonds is 6. The van der Waals surface area contributed by atoms with Crippen LogP contribution in [0, 0.1) is 0 Å². The standard InChI is InChI=1S/C26H21ClN2O6/c1-14(2)34-26(33)17-6-4-5-16(11-17)23-10-8-19(35-23)13-20-15(3)28-29(24(20)30)18-7-9-22(27)21(12-18)25(31)32/h4-14H,1-3H3,(H,31,32)/b20-13-. The Morgan fingerprint density at radius 1 is 1.14 bits per heavy atom. The lowest BCUT2D eigenvalue weighted by molar-refractivity contribution is -0.114. The van der Waals surface area contributed by atoms with E-state index < -0.39 is 17.8 Å². The van der Waals surface area contributed by atoms with Gasteiger partial charge in [-0.1, -0.05) is 23.7 Å². The zero-order valence-electron chi connectivity index (χ0n) is 19.1. The molecule has 0 atom stereocenters. The van der Waals surface area contributed by atoms with E-state index in [0.717, 1.165) is 5.01 Å². The summed E-state index contributed by atoms with van der Waals surface area (Å²) in [6.45, 7) is 5.23. The molecule has 0 aliphatic carbocycles. The number of benzene rings is 2. The molecule has 1 aliphatic heterocycles. The summed E-state index contributed by atoms with van der Waals surface area (Å²) < 4.78 is 11.1. The summed E-state index contributed by atoms with van der Waals surface area (Å²) in [4.78, 5) is 36.6. The first kappa shape index (κ1) is 24.0. The fourth-order valence-electron chi connectivity index (χ4n) is 3.48. The molecule has 0 saturated heterocycles. The third-order valence-corrected chi connectivity index (χ3v) is 5.46. The molecule has 1 aromatic heterocycles. The number of carbonyl (C=O) groups is 3. The van der Waals surface area contributed by atoms with Crippen LogP contribution in [0.25, 0.3) is 17.4 Å². The second-order valence-electron chi connectivity index (χ2n) is 8.07. The van der Waals surface area contributed by atoms with Crippen molar-refractivity contribution in [2.45, 2.75) is 26.9 Å². The number of carbonyl (C=O) groups excluding carboxylic acids is 2. The number of halogens is 1. The molecule has 0 saturated carbocycles. The number of hydrazone groups is 1. The Labute approximate surface area is 206 Å². The van der Waals surface area contributed by atoms with E-state index in [2.05, 4.69) is 5.10 Å². The summed E-state index contributed by atoms with van der Waals surface area (Å²) in [7, 11) is 0. The second kappa shape index (κ2) is 9.60. The van der Waals surface area contributed by atoms with Gasteiger partial charge in [-0.25, -0.2) is 9.59 Å². The lowest BCUT2D eigenvalue weighted by atomic mass is 10.1. The molecular weight excluding hydrogens is 472 g/mol. The monoisotopic (exact) mass is 492 g/mol. The summed E-state index contributed by atoms with van der Waals surface area (Å²) in [6, 6.07) is 14.5. The van der Waals surface area contributed by atoms with Crippen molar-refractivity contribution in [3.05, 3.63) is 82.1 Å².